The smallest absolute Gasteiger partial charge is 0.321 e. The van der Waals surface area contributed by atoms with Gasteiger partial charge >= 0.3 is 5.97 Å². The lowest BCUT2D eigenvalue weighted by Crippen LogP contribution is -2.47. The minimum atomic E-state index is -0.744. The number of thioether (sulfide) groups is 1. The fraction of sp³-hybridized carbons (Fsp3) is 0.533. The van der Waals surface area contributed by atoms with Crippen LogP contribution in [0.3, 0.4) is 0 Å². The molecule has 0 aromatic heterocycles. The molecule has 1 aliphatic carbocycles. The summed E-state index contributed by atoms with van der Waals surface area (Å²) in [6, 6.07) is 8.04. The van der Waals surface area contributed by atoms with Gasteiger partial charge in [-0.05, 0) is 29.4 Å². The van der Waals surface area contributed by atoms with Gasteiger partial charge < -0.3 is 5.11 Å². The molecule has 1 aromatic carbocycles. The van der Waals surface area contributed by atoms with Crippen LogP contribution in [0.15, 0.2) is 24.3 Å². The second-order valence-corrected chi connectivity index (χ2v) is 7.42. The molecule has 0 saturated carbocycles. The van der Waals surface area contributed by atoms with Gasteiger partial charge in [-0.25, -0.2) is 0 Å². The van der Waals surface area contributed by atoms with Gasteiger partial charge in [0.15, 0.2) is 0 Å². The highest BCUT2D eigenvalue weighted by atomic mass is 32.2. The third kappa shape index (κ3) is 1.98. The fourth-order valence-corrected chi connectivity index (χ4v) is 4.69. The SMILES string of the molecule is CC1(C)CCC2(N[C@H](C(=O)O)CS2)c2ccccc21. The van der Waals surface area contributed by atoms with Crippen LogP contribution in [0.4, 0.5) is 0 Å². The second kappa shape index (κ2) is 4.25. The van der Waals surface area contributed by atoms with Crippen LogP contribution in [0, 0.1) is 0 Å². The summed E-state index contributed by atoms with van der Waals surface area (Å²) in [7, 11) is 0. The molecule has 0 bridgehead atoms. The van der Waals surface area contributed by atoms with Crippen molar-refractivity contribution < 1.29 is 9.90 Å². The van der Waals surface area contributed by atoms with Gasteiger partial charge in [0.05, 0.1) is 4.87 Å². The lowest BCUT2D eigenvalue weighted by atomic mass is 9.70. The predicted octanol–water partition coefficient (Wildman–Crippen LogP) is 2.70. The van der Waals surface area contributed by atoms with E-state index in [2.05, 4.69) is 43.4 Å². The van der Waals surface area contributed by atoms with E-state index in [1.807, 2.05) is 0 Å². The van der Waals surface area contributed by atoms with Crippen molar-refractivity contribution in [3.05, 3.63) is 35.4 Å². The van der Waals surface area contributed by atoms with Gasteiger partial charge in [-0.3, -0.25) is 10.1 Å². The van der Waals surface area contributed by atoms with Gasteiger partial charge in [0.2, 0.25) is 0 Å². The molecule has 102 valence electrons. The summed E-state index contributed by atoms with van der Waals surface area (Å²) in [6.07, 6.45) is 2.07. The average molecular weight is 277 g/mol. The van der Waals surface area contributed by atoms with Crippen molar-refractivity contribution in [2.45, 2.75) is 43.0 Å². The zero-order chi connectivity index (χ0) is 13.7. The minimum Gasteiger partial charge on any atom is -0.480 e. The first kappa shape index (κ1) is 13.0. The van der Waals surface area contributed by atoms with Gasteiger partial charge in [-0.2, -0.15) is 0 Å². The zero-order valence-corrected chi connectivity index (χ0v) is 12.1. The van der Waals surface area contributed by atoms with E-state index in [-0.39, 0.29) is 10.3 Å². The number of rotatable bonds is 1. The molecule has 1 heterocycles. The van der Waals surface area contributed by atoms with Crippen molar-refractivity contribution >= 4 is 17.7 Å². The van der Waals surface area contributed by atoms with Crippen molar-refractivity contribution in [2.75, 3.05) is 5.75 Å². The van der Waals surface area contributed by atoms with Crippen molar-refractivity contribution in [3.63, 3.8) is 0 Å². The number of carboxylic acid groups (broad SMARTS) is 1. The van der Waals surface area contributed by atoms with Crippen molar-refractivity contribution in [2.24, 2.45) is 0 Å². The number of carboxylic acids is 1. The van der Waals surface area contributed by atoms with Gasteiger partial charge in [-0.15, -0.1) is 11.8 Å². The van der Waals surface area contributed by atoms with Crippen molar-refractivity contribution in [1.29, 1.82) is 0 Å². The van der Waals surface area contributed by atoms with Crippen LogP contribution in [0.2, 0.25) is 0 Å². The topological polar surface area (TPSA) is 49.3 Å². The number of carbonyl (C=O) groups is 1. The van der Waals surface area contributed by atoms with Gasteiger partial charge in [-0.1, -0.05) is 38.1 Å². The first-order chi connectivity index (χ1) is 8.95. The third-order valence-electron chi connectivity index (χ3n) is 4.40. The van der Waals surface area contributed by atoms with Gasteiger partial charge in [0, 0.05) is 5.75 Å². The first-order valence-corrected chi connectivity index (χ1v) is 7.68. The Labute approximate surface area is 117 Å². The highest BCUT2D eigenvalue weighted by Gasteiger charge is 2.48. The monoisotopic (exact) mass is 277 g/mol. The van der Waals surface area contributed by atoms with E-state index in [0.29, 0.717) is 5.75 Å². The molecule has 1 saturated heterocycles. The van der Waals surface area contributed by atoms with E-state index in [1.54, 1.807) is 11.8 Å². The molecule has 1 unspecified atom stereocenters. The van der Waals surface area contributed by atoms with E-state index < -0.39 is 12.0 Å². The van der Waals surface area contributed by atoms with Gasteiger partial charge in [0.1, 0.15) is 6.04 Å². The zero-order valence-electron chi connectivity index (χ0n) is 11.3. The standard InChI is InChI=1S/C15H19NO2S/c1-14(2)7-8-15(11-6-4-3-5-10(11)14)16-12(9-19-15)13(17)18/h3-6,12,16H,7-9H2,1-2H3,(H,17,18)/t12-,15?/m0/s1. The largest absolute Gasteiger partial charge is 0.480 e. The Bertz CT molecular complexity index is 529. The number of benzene rings is 1. The number of aliphatic carboxylic acids is 1. The molecule has 1 aliphatic heterocycles. The molecule has 2 aliphatic rings. The highest BCUT2D eigenvalue weighted by molar-refractivity contribution is 8.00. The summed E-state index contributed by atoms with van der Waals surface area (Å²) < 4.78 is 0. The molecule has 3 nitrogen and oxygen atoms in total. The van der Waals surface area contributed by atoms with E-state index in [1.165, 1.54) is 11.1 Å². The van der Waals surface area contributed by atoms with E-state index in [4.69, 9.17) is 0 Å². The summed E-state index contributed by atoms with van der Waals surface area (Å²) in [5.41, 5.74) is 2.80. The lowest BCUT2D eigenvalue weighted by Gasteiger charge is -2.43. The molecule has 2 N–H and O–H groups in total. The summed E-state index contributed by atoms with van der Waals surface area (Å²) >= 11 is 1.75. The van der Waals surface area contributed by atoms with E-state index in [9.17, 15) is 9.90 Å². The molecule has 4 heteroatoms. The highest BCUT2D eigenvalue weighted by Crippen LogP contribution is 2.52. The van der Waals surface area contributed by atoms with E-state index >= 15 is 0 Å². The van der Waals surface area contributed by atoms with E-state index in [0.717, 1.165) is 12.8 Å². The lowest BCUT2D eigenvalue weighted by molar-refractivity contribution is -0.138. The van der Waals surface area contributed by atoms with Crippen LogP contribution in [0.25, 0.3) is 0 Å². The maximum atomic E-state index is 11.2. The molecular weight excluding hydrogens is 258 g/mol. The number of nitrogens with one attached hydrogen (secondary N) is 1. The van der Waals surface area contributed by atoms with Crippen molar-refractivity contribution in [3.8, 4) is 0 Å². The normalized spacial score (nSPS) is 32.2. The molecule has 0 amide bonds. The van der Waals surface area contributed by atoms with Crippen LogP contribution in [-0.4, -0.2) is 22.9 Å². The quantitative estimate of drug-likeness (QED) is 0.828. The Balaban J connectivity index is 2.04. The second-order valence-electron chi connectivity index (χ2n) is 6.10. The molecule has 1 spiro atoms. The Kier molecular flexibility index (Phi) is 2.91. The third-order valence-corrected chi connectivity index (χ3v) is 5.93. The Morgan fingerprint density at radius 1 is 1.32 bits per heavy atom. The fourth-order valence-electron chi connectivity index (χ4n) is 3.21. The van der Waals surface area contributed by atoms with Crippen molar-refractivity contribution in [1.82, 2.24) is 5.32 Å². The summed E-state index contributed by atoms with van der Waals surface area (Å²) in [6.45, 7) is 4.54. The molecular formula is C15H19NO2S. The Hall–Kier alpha value is -1.00. The molecule has 3 rings (SSSR count). The average Bonchev–Trinajstić information content (AvgIpc) is 2.81. The molecule has 1 fully saturated rings. The maximum Gasteiger partial charge on any atom is 0.321 e. The Morgan fingerprint density at radius 2 is 2.00 bits per heavy atom. The Morgan fingerprint density at radius 3 is 2.63 bits per heavy atom. The molecule has 0 radical (unpaired) electrons. The molecule has 1 aromatic rings. The first-order valence-electron chi connectivity index (χ1n) is 6.69. The molecule has 2 atom stereocenters. The maximum absolute atomic E-state index is 11.2. The van der Waals surface area contributed by atoms with Crippen LogP contribution in [0.1, 0.15) is 37.8 Å². The number of fused-ring (bicyclic) bond motifs is 2. The summed E-state index contributed by atoms with van der Waals surface area (Å²) in [4.78, 5) is 11.0. The van der Waals surface area contributed by atoms with Crippen LogP contribution < -0.4 is 5.32 Å². The summed E-state index contributed by atoms with van der Waals surface area (Å²) in [5, 5.41) is 12.6. The number of hydrogen-bond donors (Lipinski definition) is 2. The molecule has 19 heavy (non-hydrogen) atoms. The number of hydrogen-bond acceptors (Lipinski definition) is 3. The van der Waals surface area contributed by atoms with Crippen LogP contribution in [-0.2, 0) is 15.1 Å². The predicted molar refractivity (Wildman–Crippen MR) is 77.4 cm³/mol. The summed E-state index contributed by atoms with van der Waals surface area (Å²) in [5.74, 6) is -0.101. The van der Waals surface area contributed by atoms with Crippen LogP contribution in [0.5, 0.6) is 0 Å². The van der Waals surface area contributed by atoms with Gasteiger partial charge in [0.25, 0.3) is 0 Å². The van der Waals surface area contributed by atoms with Crippen LogP contribution >= 0.6 is 11.8 Å². The minimum absolute atomic E-state index is 0.172.